The van der Waals surface area contributed by atoms with Crippen molar-refractivity contribution in [3.8, 4) is 0 Å². The van der Waals surface area contributed by atoms with Crippen LogP contribution in [0, 0.1) is 5.92 Å². The summed E-state index contributed by atoms with van der Waals surface area (Å²) in [5, 5.41) is 0.631. The zero-order chi connectivity index (χ0) is 14.9. The van der Waals surface area contributed by atoms with Crippen LogP contribution < -0.4 is 10.5 Å². The van der Waals surface area contributed by atoms with Crippen LogP contribution in [0.25, 0.3) is 10.9 Å². The second-order valence-electron chi connectivity index (χ2n) is 5.46. The lowest BCUT2D eigenvalue weighted by atomic mass is 9.95. The first-order chi connectivity index (χ1) is 10.1. The molecule has 1 unspecified atom stereocenters. The first-order valence-electron chi connectivity index (χ1n) is 7.07. The third-order valence-electron chi connectivity index (χ3n) is 3.90. The van der Waals surface area contributed by atoms with Crippen molar-refractivity contribution in [3.05, 3.63) is 36.5 Å². The molecule has 1 aromatic heterocycles. The monoisotopic (exact) mass is 305 g/mol. The van der Waals surface area contributed by atoms with Crippen molar-refractivity contribution in [1.82, 2.24) is 9.71 Å². The fourth-order valence-electron chi connectivity index (χ4n) is 2.68. The van der Waals surface area contributed by atoms with Crippen molar-refractivity contribution in [2.24, 2.45) is 5.92 Å². The summed E-state index contributed by atoms with van der Waals surface area (Å²) < 4.78 is 27.7. The maximum atomic E-state index is 12.5. The molecule has 0 fully saturated rings. The highest BCUT2D eigenvalue weighted by atomic mass is 32.2. The van der Waals surface area contributed by atoms with Gasteiger partial charge in [0, 0.05) is 29.3 Å². The standard InChI is InChI=1S/C15H19N3O2S/c16-12-6-7-14-13(8-12)15(10-17-14)21(19,20)18-9-11-4-2-1-3-5-11/h1-2,6-8,10-11,17-18H,3-5,9,16H2. The fraction of sp³-hybridized carbons (Fsp3) is 0.333. The van der Waals surface area contributed by atoms with Gasteiger partial charge in [0.05, 0.1) is 0 Å². The van der Waals surface area contributed by atoms with Gasteiger partial charge in [0.25, 0.3) is 0 Å². The number of rotatable bonds is 4. The average molecular weight is 305 g/mol. The highest BCUT2D eigenvalue weighted by Crippen LogP contribution is 2.25. The Hall–Kier alpha value is -1.79. The van der Waals surface area contributed by atoms with Gasteiger partial charge in [-0.1, -0.05) is 12.2 Å². The minimum absolute atomic E-state index is 0.260. The van der Waals surface area contributed by atoms with Crippen molar-refractivity contribution in [1.29, 1.82) is 0 Å². The third-order valence-corrected chi connectivity index (χ3v) is 5.36. The number of sulfonamides is 1. The van der Waals surface area contributed by atoms with Crippen LogP contribution in [0.3, 0.4) is 0 Å². The molecule has 1 aliphatic carbocycles. The van der Waals surface area contributed by atoms with E-state index in [1.54, 1.807) is 18.2 Å². The predicted molar refractivity (Wildman–Crippen MR) is 84.4 cm³/mol. The van der Waals surface area contributed by atoms with Crippen molar-refractivity contribution >= 4 is 26.6 Å². The Balaban J connectivity index is 1.82. The second-order valence-corrected chi connectivity index (χ2v) is 7.20. The summed E-state index contributed by atoms with van der Waals surface area (Å²) >= 11 is 0. The van der Waals surface area contributed by atoms with E-state index in [1.165, 1.54) is 6.20 Å². The molecule has 3 rings (SSSR count). The third kappa shape index (κ3) is 2.96. The quantitative estimate of drug-likeness (QED) is 0.598. The molecule has 0 saturated heterocycles. The van der Waals surface area contributed by atoms with Gasteiger partial charge in [-0.25, -0.2) is 13.1 Å². The molecule has 0 aliphatic heterocycles. The van der Waals surface area contributed by atoms with E-state index in [0.717, 1.165) is 24.8 Å². The maximum absolute atomic E-state index is 12.5. The van der Waals surface area contributed by atoms with Crippen LogP contribution >= 0.6 is 0 Å². The van der Waals surface area contributed by atoms with Crippen LogP contribution in [0.4, 0.5) is 5.69 Å². The Bertz CT molecular complexity index is 777. The van der Waals surface area contributed by atoms with Crippen LogP contribution in [0.1, 0.15) is 19.3 Å². The van der Waals surface area contributed by atoms with Gasteiger partial charge in [0.15, 0.2) is 0 Å². The Labute approximate surface area is 124 Å². The van der Waals surface area contributed by atoms with Crippen LogP contribution in [0.5, 0.6) is 0 Å². The van der Waals surface area contributed by atoms with Gasteiger partial charge in [-0.2, -0.15) is 0 Å². The normalized spacial score (nSPS) is 19.1. The zero-order valence-corrected chi connectivity index (χ0v) is 12.5. The molecule has 5 nitrogen and oxygen atoms in total. The van der Waals surface area contributed by atoms with E-state index in [1.807, 2.05) is 0 Å². The highest BCUT2D eigenvalue weighted by molar-refractivity contribution is 7.89. The van der Waals surface area contributed by atoms with Gasteiger partial charge in [0.1, 0.15) is 4.90 Å². The number of anilines is 1. The van der Waals surface area contributed by atoms with Gasteiger partial charge in [-0.3, -0.25) is 0 Å². The molecule has 1 atom stereocenters. The molecule has 2 aromatic rings. The minimum Gasteiger partial charge on any atom is -0.399 e. The number of allylic oxidation sites excluding steroid dienone is 2. The lowest BCUT2D eigenvalue weighted by Gasteiger charge is -2.18. The number of benzene rings is 1. The Kier molecular flexibility index (Phi) is 3.73. The molecule has 4 N–H and O–H groups in total. The van der Waals surface area contributed by atoms with Crippen LogP contribution in [0.15, 0.2) is 41.4 Å². The van der Waals surface area contributed by atoms with Crippen molar-refractivity contribution < 1.29 is 8.42 Å². The molecule has 1 aromatic carbocycles. The number of nitrogens with one attached hydrogen (secondary N) is 2. The summed E-state index contributed by atoms with van der Waals surface area (Å²) in [6.45, 7) is 0.474. The van der Waals surface area contributed by atoms with Crippen molar-refractivity contribution in [2.45, 2.75) is 24.2 Å². The summed E-state index contributed by atoms with van der Waals surface area (Å²) in [6.07, 6.45) is 8.77. The summed E-state index contributed by atoms with van der Waals surface area (Å²) in [5.41, 5.74) is 7.07. The Morgan fingerprint density at radius 1 is 1.33 bits per heavy atom. The van der Waals surface area contributed by atoms with Crippen molar-refractivity contribution in [2.75, 3.05) is 12.3 Å². The number of aromatic nitrogens is 1. The lowest BCUT2D eigenvalue weighted by Crippen LogP contribution is -2.29. The molecule has 0 radical (unpaired) electrons. The number of H-pyrrole nitrogens is 1. The Morgan fingerprint density at radius 3 is 2.95 bits per heavy atom. The van der Waals surface area contributed by atoms with E-state index in [0.29, 0.717) is 23.5 Å². The molecule has 112 valence electrons. The number of hydrogen-bond donors (Lipinski definition) is 3. The number of fused-ring (bicyclic) bond motifs is 1. The summed E-state index contributed by atoms with van der Waals surface area (Å²) in [7, 11) is -3.52. The van der Waals surface area contributed by atoms with Crippen LogP contribution in [-0.4, -0.2) is 19.9 Å². The van der Waals surface area contributed by atoms with Gasteiger partial charge in [-0.05, 0) is 43.4 Å². The average Bonchev–Trinajstić information content (AvgIpc) is 2.90. The molecule has 1 aliphatic rings. The molecular formula is C15H19N3O2S. The first kappa shape index (κ1) is 14.2. The first-order valence-corrected chi connectivity index (χ1v) is 8.56. The molecule has 0 amide bonds. The number of hydrogen-bond acceptors (Lipinski definition) is 3. The molecule has 0 bridgehead atoms. The number of aromatic amines is 1. The van der Waals surface area contributed by atoms with Crippen LogP contribution in [-0.2, 0) is 10.0 Å². The maximum Gasteiger partial charge on any atom is 0.242 e. The van der Waals surface area contributed by atoms with Gasteiger partial charge < -0.3 is 10.7 Å². The minimum atomic E-state index is -3.52. The predicted octanol–water partition coefficient (Wildman–Crippen LogP) is 2.38. The molecule has 21 heavy (non-hydrogen) atoms. The molecule has 0 saturated carbocycles. The largest absolute Gasteiger partial charge is 0.399 e. The molecule has 1 heterocycles. The fourth-order valence-corrected chi connectivity index (χ4v) is 3.97. The van der Waals surface area contributed by atoms with E-state index < -0.39 is 10.0 Å². The summed E-state index contributed by atoms with van der Waals surface area (Å²) in [6, 6.07) is 5.22. The van der Waals surface area contributed by atoms with Crippen molar-refractivity contribution in [3.63, 3.8) is 0 Å². The van der Waals surface area contributed by atoms with E-state index in [-0.39, 0.29) is 4.90 Å². The summed E-state index contributed by atoms with van der Waals surface area (Å²) in [5.74, 6) is 0.375. The number of nitrogens with two attached hydrogens (primary N) is 1. The lowest BCUT2D eigenvalue weighted by molar-refractivity contribution is 0.468. The Morgan fingerprint density at radius 2 is 2.19 bits per heavy atom. The van der Waals surface area contributed by atoms with Gasteiger partial charge in [-0.15, -0.1) is 0 Å². The molecule has 0 spiro atoms. The smallest absolute Gasteiger partial charge is 0.242 e. The van der Waals surface area contributed by atoms with Gasteiger partial charge >= 0.3 is 0 Å². The van der Waals surface area contributed by atoms with E-state index in [9.17, 15) is 8.42 Å². The zero-order valence-electron chi connectivity index (χ0n) is 11.7. The highest BCUT2D eigenvalue weighted by Gasteiger charge is 2.20. The SMILES string of the molecule is Nc1ccc2[nH]cc(S(=O)(=O)NCC3CC=CCC3)c2c1. The molecular weight excluding hydrogens is 286 g/mol. The van der Waals surface area contributed by atoms with E-state index in [2.05, 4.69) is 21.9 Å². The molecule has 6 heteroatoms. The second kappa shape index (κ2) is 5.54. The number of nitrogen functional groups attached to an aromatic ring is 1. The summed E-state index contributed by atoms with van der Waals surface area (Å²) in [4.78, 5) is 3.23. The topological polar surface area (TPSA) is 88.0 Å². The van der Waals surface area contributed by atoms with Gasteiger partial charge in [0.2, 0.25) is 10.0 Å². The van der Waals surface area contributed by atoms with Crippen LogP contribution in [0.2, 0.25) is 0 Å². The van der Waals surface area contributed by atoms with E-state index >= 15 is 0 Å². The van der Waals surface area contributed by atoms with E-state index in [4.69, 9.17) is 5.73 Å².